The minimum Gasteiger partial charge on any atom is -0.452 e. The molecular formula is C29H41N5O5. The fraction of sp³-hybridized carbons (Fsp3) is 0.586. The van der Waals surface area contributed by atoms with E-state index >= 15 is 0 Å². The number of fused-ring (bicyclic) bond motifs is 1. The minimum atomic E-state index is -0.721. The summed E-state index contributed by atoms with van der Waals surface area (Å²) in [6, 6.07) is 6.84. The highest BCUT2D eigenvalue weighted by atomic mass is 16.6. The van der Waals surface area contributed by atoms with E-state index in [1.807, 2.05) is 43.1 Å². The highest BCUT2D eigenvalue weighted by Crippen LogP contribution is 2.31. The second kappa shape index (κ2) is 13.1. The smallest absolute Gasteiger partial charge is 0.306 e. The van der Waals surface area contributed by atoms with Crippen molar-refractivity contribution in [1.29, 1.82) is 0 Å². The highest BCUT2D eigenvalue weighted by Gasteiger charge is 2.43. The van der Waals surface area contributed by atoms with E-state index in [0.29, 0.717) is 25.9 Å². The lowest BCUT2D eigenvalue weighted by molar-refractivity contribution is -0.148. The van der Waals surface area contributed by atoms with Gasteiger partial charge in [-0.1, -0.05) is 43.7 Å². The van der Waals surface area contributed by atoms with Crippen LogP contribution in [0.4, 0.5) is 0 Å². The molecule has 0 aromatic heterocycles. The summed E-state index contributed by atoms with van der Waals surface area (Å²) in [4.78, 5) is 52.3. The maximum Gasteiger partial charge on any atom is 0.306 e. The van der Waals surface area contributed by atoms with Crippen molar-refractivity contribution in [2.45, 2.75) is 102 Å². The summed E-state index contributed by atoms with van der Waals surface area (Å²) in [6.45, 7) is 6.71. The third-order valence-corrected chi connectivity index (χ3v) is 8.05. The number of nitrogens with zero attached hydrogens (tertiary/aromatic N) is 1. The Kier molecular flexibility index (Phi) is 9.61. The number of esters is 1. The number of rotatable bonds is 10. The molecule has 4 N–H and O–H groups in total. The number of ether oxygens (including phenoxy) is 1. The molecule has 3 aliphatic heterocycles. The summed E-state index contributed by atoms with van der Waals surface area (Å²) < 4.78 is 5.01. The first-order valence-electron chi connectivity index (χ1n) is 14.0. The minimum absolute atomic E-state index is 0.0208. The summed E-state index contributed by atoms with van der Waals surface area (Å²) in [5.41, 5.74) is 2.55. The Hall–Kier alpha value is -3.40. The van der Waals surface area contributed by atoms with Gasteiger partial charge in [-0.3, -0.25) is 19.2 Å². The highest BCUT2D eigenvalue weighted by molar-refractivity contribution is 5.91. The average Bonchev–Trinajstić information content (AvgIpc) is 3.56. The van der Waals surface area contributed by atoms with Gasteiger partial charge in [-0.05, 0) is 50.8 Å². The van der Waals surface area contributed by atoms with E-state index < -0.39 is 12.1 Å². The summed E-state index contributed by atoms with van der Waals surface area (Å²) in [7, 11) is 1.86. The number of hydrogen-bond donors (Lipinski definition) is 4. The van der Waals surface area contributed by atoms with Crippen LogP contribution in [-0.2, 0) is 37.0 Å². The normalized spacial score (nSPS) is 25.6. The maximum atomic E-state index is 13.7. The molecule has 10 heteroatoms. The summed E-state index contributed by atoms with van der Waals surface area (Å²) in [5.74, 6) is -0.814. The van der Waals surface area contributed by atoms with Gasteiger partial charge in [-0.15, -0.1) is 0 Å². The van der Waals surface area contributed by atoms with Gasteiger partial charge in [0.25, 0.3) is 5.91 Å². The monoisotopic (exact) mass is 539 g/mol. The van der Waals surface area contributed by atoms with Gasteiger partial charge in [-0.2, -0.15) is 0 Å². The van der Waals surface area contributed by atoms with Gasteiger partial charge in [0.15, 0.2) is 6.10 Å². The van der Waals surface area contributed by atoms with Crippen LogP contribution in [0, 0.1) is 0 Å². The van der Waals surface area contributed by atoms with E-state index in [1.54, 1.807) is 0 Å². The predicted octanol–water partition coefficient (Wildman–Crippen LogP) is 1.64. The third-order valence-electron chi connectivity index (χ3n) is 8.05. The first kappa shape index (κ1) is 28.6. The van der Waals surface area contributed by atoms with Crippen LogP contribution in [-0.4, -0.2) is 65.9 Å². The maximum absolute atomic E-state index is 13.7. The first-order valence-corrected chi connectivity index (χ1v) is 14.0. The number of cyclic esters (lactones) is 1. The van der Waals surface area contributed by atoms with Crippen molar-refractivity contribution in [3.05, 3.63) is 47.7 Å². The molecule has 0 saturated carbocycles. The van der Waals surface area contributed by atoms with Crippen LogP contribution in [0.1, 0.15) is 69.4 Å². The Morgan fingerprint density at radius 2 is 1.72 bits per heavy atom. The molecule has 3 saturated heterocycles. The van der Waals surface area contributed by atoms with Crippen LogP contribution in [0.25, 0.3) is 0 Å². The molecule has 10 nitrogen and oxygen atoms in total. The molecule has 4 rings (SSSR count). The molecule has 0 unspecified atom stereocenters. The number of nitrogens with one attached hydrogen (secondary N) is 4. The van der Waals surface area contributed by atoms with Crippen LogP contribution < -0.4 is 21.3 Å². The van der Waals surface area contributed by atoms with Crippen molar-refractivity contribution in [1.82, 2.24) is 26.2 Å². The summed E-state index contributed by atoms with van der Waals surface area (Å²) >= 11 is 0. The van der Waals surface area contributed by atoms with Gasteiger partial charge < -0.3 is 30.9 Å². The van der Waals surface area contributed by atoms with E-state index in [9.17, 15) is 19.2 Å². The van der Waals surface area contributed by atoms with Gasteiger partial charge in [0.05, 0.1) is 0 Å². The lowest BCUT2D eigenvalue weighted by atomic mass is 9.98. The second-order valence-corrected chi connectivity index (χ2v) is 10.8. The lowest BCUT2D eigenvalue weighted by Crippen LogP contribution is -2.56. The zero-order valence-corrected chi connectivity index (χ0v) is 23.0. The topological polar surface area (TPSA) is 129 Å². The van der Waals surface area contributed by atoms with Crippen molar-refractivity contribution in [3.63, 3.8) is 0 Å². The van der Waals surface area contributed by atoms with Gasteiger partial charge in [0.1, 0.15) is 12.1 Å². The molecule has 3 fully saturated rings. The SMILES string of the molecule is C=C(N[C@H]1CCCC[C@H]2CC[C@@H](C(=O)NCc3cccc(CNC(=O)[C@@H]4CCC(=O)O4)c3)N2C1=O)[C@H](C)NC. The average molecular weight is 540 g/mol. The number of carbonyl (C=O) groups is 4. The van der Waals surface area contributed by atoms with Crippen LogP contribution in [0.3, 0.4) is 0 Å². The van der Waals surface area contributed by atoms with E-state index in [4.69, 9.17) is 4.74 Å². The molecule has 0 radical (unpaired) electrons. The molecule has 0 spiro atoms. The standard InChI is InChI=1S/C29H41N5O5/c1-18(30-3)19(2)33-23-10-5-4-9-22-11-12-24(34(22)29(23)38)27(36)31-16-20-7-6-8-21(15-20)17-32-28(37)25-13-14-26(35)39-25/h6-8,15,18,22-25,30,33H,2,4-5,9-14,16-17H2,1,3H3,(H,31,36)(H,32,37)/t18-,22-,23-,24-,25-/m0/s1. The van der Waals surface area contributed by atoms with Crippen molar-refractivity contribution in [2.75, 3.05) is 7.05 Å². The Morgan fingerprint density at radius 1 is 1.03 bits per heavy atom. The molecule has 0 aliphatic carbocycles. The molecular weight excluding hydrogens is 498 g/mol. The summed E-state index contributed by atoms with van der Waals surface area (Å²) in [5, 5.41) is 12.3. The third kappa shape index (κ3) is 7.17. The van der Waals surface area contributed by atoms with E-state index in [0.717, 1.165) is 48.9 Å². The molecule has 1 aromatic carbocycles. The van der Waals surface area contributed by atoms with Crippen molar-refractivity contribution >= 4 is 23.7 Å². The molecule has 3 aliphatic rings. The van der Waals surface area contributed by atoms with Gasteiger partial charge in [-0.25, -0.2) is 0 Å². The van der Waals surface area contributed by atoms with Gasteiger partial charge in [0, 0.05) is 43.7 Å². The Labute approximate surface area is 230 Å². The zero-order valence-electron chi connectivity index (χ0n) is 23.0. The number of benzene rings is 1. The molecule has 1 aromatic rings. The van der Waals surface area contributed by atoms with Crippen LogP contribution in [0.15, 0.2) is 36.5 Å². The Balaban J connectivity index is 1.34. The van der Waals surface area contributed by atoms with E-state index in [2.05, 4.69) is 27.8 Å². The fourth-order valence-electron chi connectivity index (χ4n) is 5.62. The largest absolute Gasteiger partial charge is 0.452 e. The number of carbonyl (C=O) groups excluding carboxylic acids is 4. The van der Waals surface area contributed by atoms with E-state index in [1.165, 1.54) is 0 Å². The number of amides is 3. The zero-order chi connectivity index (χ0) is 27.9. The van der Waals surface area contributed by atoms with E-state index in [-0.39, 0.29) is 48.2 Å². The Morgan fingerprint density at radius 3 is 2.38 bits per heavy atom. The molecule has 3 heterocycles. The van der Waals surface area contributed by atoms with Crippen LogP contribution in [0.5, 0.6) is 0 Å². The summed E-state index contributed by atoms with van der Waals surface area (Å²) in [6.07, 6.45) is 5.06. The van der Waals surface area contributed by atoms with Crippen molar-refractivity contribution < 1.29 is 23.9 Å². The van der Waals surface area contributed by atoms with Crippen LogP contribution in [0.2, 0.25) is 0 Å². The molecule has 5 atom stereocenters. The van der Waals surface area contributed by atoms with Crippen molar-refractivity contribution in [3.8, 4) is 0 Å². The number of hydrogen-bond acceptors (Lipinski definition) is 7. The Bertz CT molecular complexity index is 1090. The molecule has 212 valence electrons. The van der Waals surface area contributed by atoms with Crippen LogP contribution >= 0.6 is 0 Å². The molecule has 0 bridgehead atoms. The van der Waals surface area contributed by atoms with Gasteiger partial charge >= 0.3 is 5.97 Å². The second-order valence-electron chi connectivity index (χ2n) is 10.8. The lowest BCUT2D eigenvalue weighted by Gasteiger charge is -2.36. The first-order chi connectivity index (χ1) is 18.8. The van der Waals surface area contributed by atoms with Crippen molar-refractivity contribution in [2.24, 2.45) is 0 Å². The fourth-order valence-corrected chi connectivity index (χ4v) is 5.62. The molecule has 3 amide bonds. The predicted molar refractivity (Wildman–Crippen MR) is 146 cm³/mol. The quantitative estimate of drug-likeness (QED) is 0.333. The molecule has 39 heavy (non-hydrogen) atoms. The van der Waals surface area contributed by atoms with Gasteiger partial charge in [0.2, 0.25) is 11.8 Å². The number of likely N-dealkylation sites (N-methyl/N-ethyl adjacent to an activating group) is 1.